The predicted octanol–water partition coefficient (Wildman–Crippen LogP) is 2.13. The van der Waals surface area contributed by atoms with Crippen molar-refractivity contribution < 1.29 is 27.9 Å². The number of hydrogen-bond acceptors (Lipinski definition) is 2. The summed E-state index contributed by atoms with van der Waals surface area (Å²) in [5.41, 5.74) is -3.31. The molecule has 0 rings (SSSR count). The molecule has 5 nitrogen and oxygen atoms in total. The summed E-state index contributed by atoms with van der Waals surface area (Å²) < 4.78 is 38.0. The third-order valence-electron chi connectivity index (χ3n) is 3.21. The molecule has 0 aliphatic heterocycles. The third-order valence-corrected chi connectivity index (χ3v) is 3.21. The summed E-state index contributed by atoms with van der Waals surface area (Å²) in [6, 6.07) is -1.52. The number of aliphatic carboxylic acids is 1. The second-order valence-corrected chi connectivity index (χ2v) is 4.70. The van der Waals surface area contributed by atoms with Gasteiger partial charge in [0.15, 0.2) is 0 Å². The number of carboxylic acids is 1. The zero-order chi connectivity index (χ0) is 15.4. The summed E-state index contributed by atoms with van der Waals surface area (Å²) in [7, 11) is 0. The van der Waals surface area contributed by atoms with Gasteiger partial charge in [-0.15, -0.1) is 0 Å². The van der Waals surface area contributed by atoms with E-state index in [1.54, 1.807) is 6.92 Å². The first-order chi connectivity index (χ1) is 8.45. The zero-order valence-corrected chi connectivity index (χ0v) is 11.3. The van der Waals surface area contributed by atoms with Gasteiger partial charge in [0, 0.05) is 6.04 Å². The van der Waals surface area contributed by atoms with Crippen molar-refractivity contribution in [1.82, 2.24) is 10.6 Å². The minimum atomic E-state index is -5.09. The Hall–Kier alpha value is -1.47. The largest absolute Gasteiger partial charge is 0.479 e. The molecule has 0 bridgehead atoms. The molecule has 0 aliphatic carbocycles. The molecule has 3 unspecified atom stereocenters. The Morgan fingerprint density at radius 1 is 1.26 bits per heavy atom. The van der Waals surface area contributed by atoms with Gasteiger partial charge in [-0.05, 0) is 19.8 Å². The molecule has 0 spiro atoms. The van der Waals surface area contributed by atoms with Gasteiger partial charge in [-0.3, -0.25) is 0 Å². The maximum absolute atomic E-state index is 12.7. The van der Waals surface area contributed by atoms with Crippen LogP contribution in [0.1, 0.15) is 34.1 Å². The van der Waals surface area contributed by atoms with Gasteiger partial charge in [-0.1, -0.05) is 20.3 Å². The summed E-state index contributed by atoms with van der Waals surface area (Å²) in [5, 5.41) is 12.4. The Kier molecular flexibility index (Phi) is 5.64. The molecule has 19 heavy (non-hydrogen) atoms. The minimum absolute atomic E-state index is 0.0627. The number of rotatable bonds is 5. The standard InChI is InChI=1S/C11H19F3N2O3/c1-5-6(2)7(3)15-9(19)16-10(4,8(17)18)11(12,13)14/h6-7H,5H2,1-4H3,(H,17,18)(H2,15,16,19). The van der Waals surface area contributed by atoms with E-state index in [9.17, 15) is 22.8 Å². The molecule has 0 fully saturated rings. The lowest BCUT2D eigenvalue weighted by Gasteiger charge is -2.30. The van der Waals surface area contributed by atoms with Crippen LogP contribution in [0.15, 0.2) is 0 Å². The fourth-order valence-electron chi connectivity index (χ4n) is 1.21. The van der Waals surface area contributed by atoms with Crippen LogP contribution in [0.4, 0.5) is 18.0 Å². The van der Waals surface area contributed by atoms with Crippen LogP contribution in [0.3, 0.4) is 0 Å². The molecule has 0 aromatic heterocycles. The quantitative estimate of drug-likeness (QED) is 0.723. The van der Waals surface area contributed by atoms with Gasteiger partial charge in [0.05, 0.1) is 0 Å². The highest BCUT2D eigenvalue weighted by Gasteiger charge is 2.58. The number of hydrogen-bond donors (Lipinski definition) is 3. The van der Waals surface area contributed by atoms with Crippen molar-refractivity contribution >= 4 is 12.0 Å². The van der Waals surface area contributed by atoms with E-state index in [1.165, 1.54) is 5.32 Å². The van der Waals surface area contributed by atoms with Crippen LogP contribution in [0, 0.1) is 5.92 Å². The molecule has 0 heterocycles. The van der Waals surface area contributed by atoms with Crippen LogP contribution in [-0.2, 0) is 4.79 Å². The fraction of sp³-hybridized carbons (Fsp3) is 0.818. The maximum atomic E-state index is 12.7. The summed E-state index contributed by atoms with van der Waals surface area (Å²) in [6.07, 6.45) is -4.35. The van der Waals surface area contributed by atoms with Gasteiger partial charge in [0.2, 0.25) is 5.54 Å². The summed E-state index contributed by atoms with van der Waals surface area (Å²) in [4.78, 5) is 22.2. The van der Waals surface area contributed by atoms with Crippen LogP contribution in [0.2, 0.25) is 0 Å². The molecule has 3 atom stereocenters. The zero-order valence-electron chi connectivity index (χ0n) is 11.3. The highest BCUT2D eigenvalue weighted by Crippen LogP contribution is 2.30. The van der Waals surface area contributed by atoms with E-state index < -0.39 is 23.7 Å². The number of carboxylic acid groups (broad SMARTS) is 1. The van der Waals surface area contributed by atoms with E-state index in [-0.39, 0.29) is 12.0 Å². The average molecular weight is 284 g/mol. The van der Waals surface area contributed by atoms with Crippen molar-refractivity contribution in [2.24, 2.45) is 5.92 Å². The third kappa shape index (κ3) is 4.29. The van der Waals surface area contributed by atoms with Crippen molar-refractivity contribution in [2.75, 3.05) is 0 Å². The number of alkyl halides is 3. The van der Waals surface area contributed by atoms with Crippen molar-refractivity contribution in [1.29, 1.82) is 0 Å². The van der Waals surface area contributed by atoms with Crippen LogP contribution >= 0.6 is 0 Å². The lowest BCUT2D eigenvalue weighted by atomic mass is 10.0. The number of halogens is 3. The van der Waals surface area contributed by atoms with Crippen LogP contribution < -0.4 is 10.6 Å². The normalized spacial score (nSPS) is 18.1. The maximum Gasteiger partial charge on any atom is 0.422 e. The molecule has 0 aromatic rings. The second kappa shape index (κ2) is 6.12. The Morgan fingerprint density at radius 2 is 1.74 bits per heavy atom. The SMILES string of the molecule is CCC(C)C(C)NC(=O)NC(C)(C(=O)O)C(F)(F)F. The van der Waals surface area contributed by atoms with E-state index in [2.05, 4.69) is 5.32 Å². The fourth-order valence-corrected chi connectivity index (χ4v) is 1.21. The smallest absolute Gasteiger partial charge is 0.422 e. The summed E-state index contributed by atoms with van der Waals surface area (Å²) >= 11 is 0. The van der Waals surface area contributed by atoms with E-state index in [0.29, 0.717) is 6.92 Å². The topological polar surface area (TPSA) is 78.4 Å². The lowest BCUT2D eigenvalue weighted by molar-refractivity contribution is -0.203. The number of amides is 2. The number of urea groups is 1. The monoisotopic (exact) mass is 284 g/mol. The Balaban J connectivity index is 4.82. The molecule has 0 radical (unpaired) electrons. The van der Waals surface area contributed by atoms with Crippen molar-refractivity contribution in [2.45, 2.75) is 51.9 Å². The van der Waals surface area contributed by atoms with Crippen LogP contribution in [0.25, 0.3) is 0 Å². The first kappa shape index (κ1) is 17.5. The molecular formula is C11H19F3N2O3. The Bertz CT molecular complexity index is 347. The van der Waals surface area contributed by atoms with Gasteiger partial charge >= 0.3 is 18.2 Å². The lowest BCUT2D eigenvalue weighted by Crippen LogP contribution is -2.64. The molecule has 0 aliphatic rings. The van der Waals surface area contributed by atoms with Crippen molar-refractivity contribution in [3.05, 3.63) is 0 Å². The molecule has 8 heteroatoms. The van der Waals surface area contributed by atoms with E-state index in [1.807, 2.05) is 13.8 Å². The van der Waals surface area contributed by atoms with Crippen molar-refractivity contribution in [3.8, 4) is 0 Å². The van der Waals surface area contributed by atoms with Gasteiger partial charge in [0.25, 0.3) is 0 Å². The molecule has 112 valence electrons. The van der Waals surface area contributed by atoms with E-state index in [0.717, 1.165) is 6.42 Å². The predicted molar refractivity (Wildman–Crippen MR) is 62.7 cm³/mol. The molecule has 2 amide bonds. The highest BCUT2D eigenvalue weighted by molar-refractivity contribution is 5.86. The number of nitrogens with one attached hydrogen (secondary N) is 2. The van der Waals surface area contributed by atoms with Crippen LogP contribution in [-0.4, -0.2) is 34.9 Å². The van der Waals surface area contributed by atoms with Gasteiger partial charge in [-0.2, -0.15) is 13.2 Å². The van der Waals surface area contributed by atoms with Gasteiger partial charge in [0.1, 0.15) is 0 Å². The van der Waals surface area contributed by atoms with E-state index in [4.69, 9.17) is 5.11 Å². The first-order valence-electron chi connectivity index (χ1n) is 5.84. The molecule has 0 saturated carbocycles. The summed E-state index contributed by atoms with van der Waals surface area (Å²) in [5.74, 6) is -2.10. The summed E-state index contributed by atoms with van der Waals surface area (Å²) in [6.45, 7) is 5.74. The van der Waals surface area contributed by atoms with Crippen molar-refractivity contribution in [3.63, 3.8) is 0 Å². The minimum Gasteiger partial charge on any atom is -0.479 e. The Morgan fingerprint density at radius 3 is 2.05 bits per heavy atom. The highest BCUT2D eigenvalue weighted by atomic mass is 19.4. The Labute approximate surface area is 109 Å². The number of carbonyl (C=O) groups is 2. The van der Waals surface area contributed by atoms with Crippen LogP contribution in [0.5, 0.6) is 0 Å². The molecule has 0 aromatic carbocycles. The number of carbonyl (C=O) groups excluding carboxylic acids is 1. The van der Waals surface area contributed by atoms with E-state index >= 15 is 0 Å². The molecular weight excluding hydrogens is 265 g/mol. The molecule has 3 N–H and O–H groups in total. The average Bonchev–Trinajstić information content (AvgIpc) is 2.25. The second-order valence-electron chi connectivity index (χ2n) is 4.70. The van der Waals surface area contributed by atoms with Gasteiger partial charge in [-0.25, -0.2) is 9.59 Å². The molecule has 0 saturated heterocycles. The first-order valence-corrected chi connectivity index (χ1v) is 5.84. The van der Waals surface area contributed by atoms with Gasteiger partial charge < -0.3 is 15.7 Å².